The van der Waals surface area contributed by atoms with E-state index in [9.17, 15) is 15.0 Å². The molecule has 3 rings (SSSR count). The predicted molar refractivity (Wildman–Crippen MR) is 70.2 cm³/mol. The van der Waals surface area contributed by atoms with Crippen molar-refractivity contribution >= 4 is 5.97 Å². The van der Waals surface area contributed by atoms with E-state index >= 15 is 0 Å². The molecule has 3 fully saturated rings. The van der Waals surface area contributed by atoms with Crippen LogP contribution in [0.2, 0.25) is 0 Å². The number of carbonyl (C=O) groups excluding carboxylic acids is 1. The topological polar surface area (TPSA) is 76.0 Å². The molecule has 0 aromatic rings. The highest BCUT2D eigenvalue weighted by Gasteiger charge is 2.56. The fraction of sp³-hybridized carbons (Fsp3) is 0.800. The van der Waals surface area contributed by atoms with Gasteiger partial charge in [-0.25, -0.2) is 4.79 Å². The summed E-state index contributed by atoms with van der Waals surface area (Å²) in [5.41, 5.74) is 0.0111. The molecule has 0 aromatic carbocycles. The second-order valence-corrected chi connectivity index (χ2v) is 6.78. The van der Waals surface area contributed by atoms with E-state index in [4.69, 9.17) is 9.47 Å². The molecule has 0 radical (unpaired) electrons. The molecule has 20 heavy (non-hydrogen) atoms. The van der Waals surface area contributed by atoms with Gasteiger partial charge in [0.1, 0.15) is 6.10 Å². The Morgan fingerprint density at radius 2 is 2.05 bits per heavy atom. The third kappa shape index (κ3) is 1.91. The molecular formula is C15H22O5. The number of ether oxygens (including phenoxy) is 2. The summed E-state index contributed by atoms with van der Waals surface area (Å²) < 4.78 is 10.6. The Morgan fingerprint density at radius 1 is 1.35 bits per heavy atom. The average molecular weight is 282 g/mol. The van der Waals surface area contributed by atoms with Gasteiger partial charge in [0.2, 0.25) is 0 Å². The lowest BCUT2D eigenvalue weighted by atomic mass is 9.65. The summed E-state index contributed by atoms with van der Waals surface area (Å²) in [4.78, 5) is 11.7. The van der Waals surface area contributed by atoms with Gasteiger partial charge in [0.05, 0.1) is 0 Å². The molecule has 5 heteroatoms. The Labute approximate surface area is 118 Å². The first kappa shape index (κ1) is 14.0. The van der Waals surface area contributed by atoms with Crippen LogP contribution in [0.15, 0.2) is 12.2 Å². The molecule has 0 spiro atoms. The highest BCUT2D eigenvalue weighted by molar-refractivity contribution is 5.90. The zero-order chi connectivity index (χ0) is 14.7. The van der Waals surface area contributed by atoms with Crippen molar-refractivity contribution in [2.45, 2.75) is 51.8 Å². The zero-order valence-electron chi connectivity index (χ0n) is 11.9. The van der Waals surface area contributed by atoms with E-state index in [-0.39, 0.29) is 29.8 Å². The molecule has 5 nitrogen and oxygen atoms in total. The first-order chi connectivity index (χ1) is 9.33. The lowest BCUT2D eigenvalue weighted by molar-refractivity contribution is -0.304. The van der Waals surface area contributed by atoms with Crippen LogP contribution < -0.4 is 0 Å². The van der Waals surface area contributed by atoms with Gasteiger partial charge in [-0.2, -0.15) is 0 Å². The fourth-order valence-corrected chi connectivity index (χ4v) is 4.31. The minimum atomic E-state index is -1.03. The van der Waals surface area contributed by atoms with Crippen molar-refractivity contribution in [3.05, 3.63) is 12.2 Å². The summed E-state index contributed by atoms with van der Waals surface area (Å²) in [6, 6.07) is 0. The summed E-state index contributed by atoms with van der Waals surface area (Å²) in [6.45, 7) is 7.91. The monoisotopic (exact) mass is 282 g/mol. The van der Waals surface area contributed by atoms with Gasteiger partial charge in [-0.1, -0.05) is 20.4 Å². The van der Waals surface area contributed by atoms with Crippen LogP contribution >= 0.6 is 0 Å². The normalized spacial score (nSPS) is 52.0. The van der Waals surface area contributed by atoms with Crippen LogP contribution in [0.4, 0.5) is 0 Å². The standard InChI is InChI=1S/C15H22O5/c1-7-4-11-9(8(2)13(17)19-11)6-15(3)10(7)5-12(16)20-14(15)18/h7,9-12,14,16,18H,2,4-6H2,1,3H3/t7-,9-,10+,11+,12-,14-,15+/m1/s1. The molecule has 0 amide bonds. The molecule has 2 N–H and O–H groups in total. The predicted octanol–water partition coefficient (Wildman–Crippen LogP) is 1.19. The van der Waals surface area contributed by atoms with E-state index in [0.29, 0.717) is 18.4 Å². The van der Waals surface area contributed by atoms with Gasteiger partial charge in [0, 0.05) is 23.3 Å². The quantitative estimate of drug-likeness (QED) is 0.515. The fourth-order valence-electron chi connectivity index (χ4n) is 4.31. The number of carbonyl (C=O) groups is 1. The van der Waals surface area contributed by atoms with Gasteiger partial charge in [-0.05, 0) is 24.7 Å². The van der Waals surface area contributed by atoms with Crippen LogP contribution in [0.25, 0.3) is 0 Å². The van der Waals surface area contributed by atoms with Crippen molar-refractivity contribution < 1.29 is 24.5 Å². The van der Waals surface area contributed by atoms with Gasteiger partial charge in [-0.15, -0.1) is 0 Å². The zero-order valence-corrected chi connectivity index (χ0v) is 11.9. The van der Waals surface area contributed by atoms with E-state index in [0.717, 1.165) is 6.42 Å². The Bertz CT molecular complexity index is 448. The first-order valence-corrected chi connectivity index (χ1v) is 7.24. The van der Waals surface area contributed by atoms with Crippen molar-refractivity contribution in [3.63, 3.8) is 0 Å². The van der Waals surface area contributed by atoms with Gasteiger partial charge in [-0.3, -0.25) is 0 Å². The Kier molecular flexibility index (Phi) is 3.19. The smallest absolute Gasteiger partial charge is 0.334 e. The largest absolute Gasteiger partial charge is 0.458 e. The number of esters is 1. The number of rotatable bonds is 0. The molecule has 7 atom stereocenters. The summed E-state index contributed by atoms with van der Waals surface area (Å²) in [5.74, 6) is -0.00537. The Hall–Kier alpha value is -0.910. The lowest BCUT2D eigenvalue weighted by Gasteiger charge is -2.48. The summed E-state index contributed by atoms with van der Waals surface area (Å²) in [7, 11) is 0. The molecule has 112 valence electrons. The summed E-state index contributed by atoms with van der Waals surface area (Å²) in [6.07, 6.45) is -0.249. The van der Waals surface area contributed by atoms with Crippen LogP contribution in [0.3, 0.4) is 0 Å². The number of hydrogen-bond acceptors (Lipinski definition) is 5. The van der Waals surface area contributed by atoms with Crippen molar-refractivity contribution in [2.24, 2.45) is 23.2 Å². The van der Waals surface area contributed by atoms with Gasteiger partial charge in [0.15, 0.2) is 12.6 Å². The molecule has 1 saturated carbocycles. The van der Waals surface area contributed by atoms with E-state index in [1.807, 2.05) is 6.92 Å². The second kappa shape index (κ2) is 4.55. The SMILES string of the molecule is C=C1C(=O)O[C@H]2C[C@@H](C)[C@@H]3C[C@H](O)O[C@@H](O)[C@@]3(C)C[C@H]12. The molecule has 2 heterocycles. The van der Waals surface area contributed by atoms with Crippen LogP contribution in [0.1, 0.15) is 33.1 Å². The third-order valence-electron chi connectivity index (χ3n) is 5.52. The van der Waals surface area contributed by atoms with Crippen LogP contribution in [-0.4, -0.2) is 34.9 Å². The van der Waals surface area contributed by atoms with Crippen LogP contribution in [0.5, 0.6) is 0 Å². The molecule has 3 aliphatic rings. The highest BCUT2D eigenvalue weighted by atomic mass is 16.7. The maximum absolute atomic E-state index is 11.7. The van der Waals surface area contributed by atoms with E-state index < -0.39 is 18.0 Å². The van der Waals surface area contributed by atoms with Crippen molar-refractivity contribution in [3.8, 4) is 0 Å². The van der Waals surface area contributed by atoms with Gasteiger partial charge < -0.3 is 19.7 Å². The number of fused-ring (bicyclic) bond motifs is 2. The van der Waals surface area contributed by atoms with Crippen LogP contribution in [0, 0.1) is 23.2 Å². The molecule has 0 bridgehead atoms. The van der Waals surface area contributed by atoms with E-state index in [2.05, 4.69) is 13.5 Å². The highest BCUT2D eigenvalue weighted by Crippen LogP contribution is 2.54. The Balaban J connectivity index is 1.96. The minimum absolute atomic E-state index is 0.0616. The third-order valence-corrected chi connectivity index (χ3v) is 5.52. The molecule has 1 aliphatic carbocycles. The molecular weight excluding hydrogens is 260 g/mol. The van der Waals surface area contributed by atoms with Gasteiger partial charge in [0.25, 0.3) is 0 Å². The number of hydrogen-bond donors (Lipinski definition) is 2. The molecule has 2 aliphatic heterocycles. The maximum atomic E-state index is 11.7. The van der Waals surface area contributed by atoms with Gasteiger partial charge >= 0.3 is 5.97 Å². The van der Waals surface area contributed by atoms with Crippen molar-refractivity contribution in [2.75, 3.05) is 0 Å². The Morgan fingerprint density at radius 3 is 2.75 bits per heavy atom. The van der Waals surface area contributed by atoms with Crippen molar-refractivity contribution in [1.82, 2.24) is 0 Å². The summed E-state index contributed by atoms with van der Waals surface area (Å²) in [5, 5.41) is 20.1. The molecule has 0 aromatic heterocycles. The lowest BCUT2D eigenvalue weighted by Crippen LogP contribution is -2.51. The average Bonchev–Trinajstić information content (AvgIpc) is 2.55. The second-order valence-electron chi connectivity index (χ2n) is 6.78. The minimum Gasteiger partial charge on any atom is -0.458 e. The van der Waals surface area contributed by atoms with E-state index in [1.54, 1.807) is 0 Å². The molecule has 0 unspecified atom stereocenters. The number of aliphatic hydroxyl groups is 2. The first-order valence-electron chi connectivity index (χ1n) is 7.24. The number of aliphatic hydroxyl groups excluding tert-OH is 2. The maximum Gasteiger partial charge on any atom is 0.334 e. The van der Waals surface area contributed by atoms with Crippen molar-refractivity contribution in [1.29, 1.82) is 0 Å². The molecule has 2 saturated heterocycles. The summed E-state index contributed by atoms with van der Waals surface area (Å²) >= 11 is 0. The van der Waals surface area contributed by atoms with Crippen LogP contribution in [-0.2, 0) is 14.3 Å². The van der Waals surface area contributed by atoms with E-state index in [1.165, 1.54) is 0 Å².